The quantitative estimate of drug-likeness (QED) is 0.259. The van der Waals surface area contributed by atoms with Gasteiger partial charge in [-0.05, 0) is 30.8 Å². The summed E-state index contributed by atoms with van der Waals surface area (Å²) in [7, 11) is 1.28. The molecule has 0 aliphatic carbocycles. The summed E-state index contributed by atoms with van der Waals surface area (Å²) in [5.41, 5.74) is 0.703. The fraction of sp³-hybridized carbons (Fsp3) is 0.438. The van der Waals surface area contributed by atoms with Crippen LogP contribution in [0, 0.1) is 0 Å². The van der Waals surface area contributed by atoms with Gasteiger partial charge in [-0.1, -0.05) is 60.3 Å². The molecule has 0 saturated heterocycles. The number of ether oxygens (including phenoxy) is 1. The van der Waals surface area contributed by atoms with E-state index in [4.69, 9.17) is 51.8 Å². The lowest BCUT2D eigenvalue weighted by molar-refractivity contribution is -0.122. The number of benzene rings is 1. The normalized spacial score (nSPS) is 12.0. The molecule has 10 heteroatoms. The molecule has 6 nitrogen and oxygen atoms in total. The number of methoxy groups -OCH3 is 1. The predicted molar refractivity (Wildman–Crippen MR) is 109 cm³/mol. The monoisotopic (exact) mass is 439 g/mol. The van der Waals surface area contributed by atoms with Crippen LogP contribution in [0.15, 0.2) is 24.3 Å². The molecule has 1 rings (SSSR count). The van der Waals surface area contributed by atoms with Gasteiger partial charge in [0, 0.05) is 6.42 Å². The molecule has 1 atom stereocenters. The zero-order chi connectivity index (χ0) is 19.7. The number of anilines is 1. The van der Waals surface area contributed by atoms with E-state index in [0.29, 0.717) is 18.5 Å². The first-order valence-corrected chi connectivity index (χ1v) is 9.34. The van der Waals surface area contributed by atoms with Crippen molar-refractivity contribution >= 4 is 69.7 Å². The lowest BCUT2D eigenvalue weighted by atomic mass is 10.2. The van der Waals surface area contributed by atoms with Gasteiger partial charge in [0.05, 0.1) is 18.4 Å². The van der Waals surface area contributed by atoms with Crippen LogP contribution >= 0.6 is 47.0 Å². The molecule has 1 aromatic rings. The smallest absolute Gasteiger partial charge is 0.339 e. The summed E-state index contributed by atoms with van der Waals surface area (Å²) in [6.45, 7) is 1.97. The van der Waals surface area contributed by atoms with Crippen molar-refractivity contribution < 1.29 is 14.3 Å². The van der Waals surface area contributed by atoms with Gasteiger partial charge in [0.2, 0.25) is 9.70 Å². The Kier molecular flexibility index (Phi) is 9.43. The average molecular weight is 441 g/mol. The van der Waals surface area contributed by atoms with Crippen molar-refractivity contribution in [2.75, 3.05) is 12.4 Å². The van der Waals surface area contributed by atoms with Gasteiger partial charge in [-0.2, -0.15) is 0 Å². The number of nitrogens with one attached hydrogen (secondary N) is 3. The third-order valence-corrected chi connectivity index (χ3v) is 4.12. The highest BCUT2D eigenvalue weighted by atomic mass is 35.6. The number of alkyl halides is 3. The Balaban J connectivity index is 2.82. The number of carbonyl (C=O) groups is 2. The second-order valence-corrected chi connectivity index (χ2v) is 8.06. The Morgan fingerprint density at radius 3 is 2.46 bits per heavy atom. The van der Waals surface area contributed by atoms with E-state index in [2.05, 4.69) is 16.0 Å². The Hall–Kier alpha value is -1.28. The highest BCUT2D eigenvalue weighted by Gasteiger charge is 2.34. The van der Waals surface area contributed by atoms with E-state index in [0.717, 1.165) is 6.42 Å². The summed E-state index contributed by atoms with van der Waals surface area (Å²) in [6, 6.07) is 6.63. The summed E-state index contributed by atoms with van der Waals surface area (Å²) < 4.78 is 2.88. The number of amides is 1. The SMILES string of the molecule is CCCCC(=O)N[C@@H](NC(=S)Nc1ccccc1C(=O)OC)C(Cl)(Cl)Cl. The van der Waals surface area contributed by atoms with Gasteiger partial charge < -0.3 is 20.7 Å². The van der Waals surface area contributed by atoms with Crippen LogP contribution in [-0.2, 0) is 9.53 Å². The van der Waals surface area contributed by atoms with Gasteiger partial charge in [0.1, 0.15) is 6.17 Å². The molecule has 0 aliphatic rings. The second-order valence-electron chi connectivity index (χ2n) is 5.28. The van der Waals surface area contributed by atoms with Crippen molar-refractivity contribution in [1.82, 2.24) is 10.6 Å². The van der Waals surface area contributed by atoms with Crippen molar-refractivity contribution in [2.45, 2.75) is 36.1 Å². The molecule has 3 N–H and O–H groups in total. The first-order chi connectivity index (χ1) is 12.2. The number of hydrogen-bond acceptors (Lipinski definition) is 4. The zero-order valence-electron chi connectivity index (χ0n) is 14.3. The van der Waals surface area contributed by atoms with E-state index in [9.17, 15) is 9.59 Å². The van der Waals surface area contributed by atoms with Crippen LogP contribution in [0.1, 0.15) is 36.5 Å². The molecule has 0 radical (unpaired) electrons. The van der Waals surface area contributed by atoms with Crippen molar-refractivity contribution in [3.8, 4) is 0 Å². The molecule has 26 heavy (non-hydrogen) atoms. The van der Waals surface area contributed by atoms with E-state index in [1.807, 2.05) is 6.92 Å². The maximum atomic E-state index is 11.9. The molecule has 0 aromatic heterocycles. The lowest BCUT2D eigenvalue weighted by Crippen LogP contribution is -2.56. The van der Waals surface area contributed by atoms with E-state index < -0.39 is 15.9 Å². The standard InChI is InChI=1S/C16H20Cl3N3O3S/c1-3-4-9-12(23)21-14(16(17,18)19)22-15(26)20-11-8-6-5-7-10(11)13(24)25-2/h5-8,14H,3-4,9H2,1-2H3,(H,21,23)(H2,20,22,26)/t14-/m0/s1. The molecule has 0 unspecified atom stereocenters. The van der Waals surface area contributed by atoms with Crippen LogP contribution in [0.3, 0.4) is 0 Å². The average Bonchev–Trinajstić information content (AvgIpc) is 2.58. The summed E-state index contributed by atoms with van der Waals surface area (Å²) in [5, 5.41) is 8.23. The minimum Gasteiger partial charge on any atom is -0.465 e. The van der Waals surface area contributed by atoms with E-state index >= 15 is 0 Å². The molecular formula is C16H20Cl3N3O3S. The Labute approximate surface area is 172 Å². The number of thiocarbonyl (C=S) groups is 1. The number of para-hydroxylation sites is 1. The predicted octanol–water partition coefficient (Wildman–Crippen LogP) is 3.76. The summed E-state index contributed by atoms with van der Waals surface area (Å²) in [6.07, 6.45) is 0.833. The van der Waals surface area contributed by atoms with Crippen LogP contribution < -0.4 is 16.0 Å². The number of rotatable bonds is 7. The molecule has 1 amide bonds. The molecule has 0 saturated carbocycles. The number of carbonyl (C=O) groups excluding carboxylic acids is 2. The molecule has 0 aliphatic heterocycles. The van der Waals surface area contributed by atoms with Gasteiger partial charge in [-0.3, -0.25) is 4.79 Å². The molecule has 1 aromatic carbocycles. The largest absolute Gasteiger partial charge is 0.465 e. The molecule has 0 spiro atoms. The van der Waals surface area contributed by atoms with E-state index in [-0.39, 0.29) is 16.6 Å². The summed E-state index contributed by atoms with van der Waals surface area (Å²) >= 11 is 23.0. The Bertz CT molecular complexity index is 653. The van der Waals surface area contributed by atoms with Crippen LogP contribution in [0.5, 0.6) is 0 Å². The Morgan fingerprint density at radius 1 is 1.23 bits per heavy atom. The van der Waals surface area contributed by atoms with Gasteiger partial charge in [0.15, 0.2) is 5.11 Å². The van der Waals surface area contributed by atoms with Crippen molar-refractivity contribution in [3.05, 3.63) is 29.8 Å². The molecular weight excluding hydrogens is 421 g/mol. The minimum atomic E-state index is -1.84. The topological polar surface area (TPSA) is 79.5 Å². The fourth-order valence-electron chi connectivity index (χ4n) is 1.94. The fourth-order valence-corrected chi connectivity index (χ4v) is 2.49. The van der Waals surface area contributed by atoms with Crippen molar-refractivity contribution in [3.63, 3.8) is 0 Å². The first-order valence-electron chi connectivity index (χ1n) is 7.80. The third-order valence-electron chi connectivity index (χ3n) is 3.25. The number of halogens is 3. The second kappa shape index (κ2) is 10.8. The van der Waals surface area contributed by atoms with Crippen molar-refractivity contribution in [1.29, 1.82) is 0 Å². The number of esters is 1. The minimum absolute atomic E-state index is 0.0634. The van der Waals surface area contributed by atoms with Gasteiger partial charge in [-0.15, -0.1) is 0 Å². The highest BCUT2D eigenvalue weighted by Crippen LogP contribution is 2.29. The molecule has 0 heterocycles. The van der Waals surface area contributed by atoms with Gasteiger partial charge >= 0.3 is 5.97 Å². The molecule has 0 bridgehead atoms. The lowest BCUT2D eigenvalue weighted by Gasteiger charge is -2.28. The van der Waals surface area contributed by atoms with Crippen LogP contribution in [0.25, 0.3) is 0 Å². The van der Waals surface area contributed by atoms with E-state index in [1.54, 1.807) is 24.3 Å². The van der Waals surface area contributed by atoms with Crippen LogP contribution in [-0.4, -0.2) is 34.1 Å². The van der Waals surface area contributed by atoms with Crippen LogP contribution in [0.4, 0.5) is 5.69 Å². The van der Waals surface area contributed by atoms with Crippen molar-refractivity contribution in [2.24, 2.45) is 0 Å². The molecule has 144 valence electrons. The highest BCUT2D eigenvalue weighted by molar-refractivity contribution is 7.80. The van der Waals surface area contributed by atoms with Crippen LogP contribution in [0.2, 0.25) is 0 Å². The third kappa shape index (κ3) is 7.53. The van der Waals surface area contributed by atoms with E-state index in [1.165, 1.54) is 7.11 Å². The maximum absolute atomic E-state index is 11.9. The maximum Gasteiger partial charge on any atom is 0.339 e. The van der Waals surface area contributed by atoms with Gasteiger partial charge in [0.25, 0.3) is 0 Å². The summed E-state index contributed by atoms with van der Waals surface area (Å²) in [5.74, 6) is -0.796. The Morgan fingerprint density at radius 2 is 1.88 bits per heavy atom. The number of unbranched alkanes of at least 4 members (excludes halogenated alkanes) is 1. The number of hydrogen-bond donors (Lipinski definition) is 3. The zero-order valence-corrected chi connectivity index (χ0v) is 17.4. The molecule has 0 fully saturated rings. The summed E-state index contributed by atoms with van der Waals surface area (Å²) in [4.78, 5) is 23.7. The van der Waals surface area contributed by atoms with Gasteiger partial charge in [-0.25, -0.2) is 4.79 Å². The first kappa shape index (κ1) is 22.8.